The summed E-state index contributed by atoms with van der Waals surface area (Å²) in [5.41, 5.74) is 1.96. The number of hydrogen-bond donors (Lipinski definition) is 1. The zero-order valence-electron chi connectivity index (χ0n) is 24.5. The minimum Gasteiger partial charge on any atom is -0.444 e. The summed E-state index contributed by atoms with van der Waals surface area (Å²) >= 11 is 0. The van der Waals surface area contributed by atoms with E-state index in [-0.39, 0.29) is 22.6 Å². The Morgan fingerprint density at radius 3 is 2.32 bits per heavy atom. The first-order valence-electron chi connectivity index (χ1n) is 14.1. The fourth-order valence-electron chi connectivity index (χ4n) is 6.71. The average molecular weight is 573 g/mol. The van der Waals surface area contributed by atoms with Gasteiger partial charge >= 0.3 is 12.3 Å². The first kappa shape index (κ1) is 29.2. The number of ether oxygens (including phenoxy) is 1. The Hall–Kier alpha value is -3.30. The van der Waals surface area contributed by atoms with Crippen molar-refractivity contribution in [3.8, 4) is 0 Å². The lowest BCUT2D eigenvalue weighted by Gasteiger charge is -2.58. The molecule has 1 aromatic carbocycles. The Labute approximate surface area is 239 Å². The van der Waals surface area contributed by atoms with Crippen molar-refractivity contribution in [2.24, 2.45) is 11.3 Å². The van der Waals surface area contributed by atoms with Gasteiger partial charge in [-0.25, -0.2) is 4.79 Å². The highest BCUT2D eigenvalue weighted by atomic mass is 19.4. The summed E-state index contributed by atoms with van der Waals surface area (Å²) < 4.78 is 48.2. The molecule has 41 heavy (non-hydrogen) atoms. The summed E-state index contributed by atoms with van der Waals surface area (Å²) in [6.07, 6.45) is -1.95. The highest BCUT2D eigenvalue weighted by molar-refractivity contribution is 5.81. The number of nitrogens with one attached hydrogen (secondary N) is 1. The summed E-state index contributed by atoms with van der Waals surface area (Å²) in [6, 6.07) is 9.13. The molecule has 2 aliphatic carbocycles. The fraction of sp³-hybridized carbons (Fsp3) is 0.581. The van der Waals surface area contributed by atoms with Crippen LogP contribution in [0.15, 0.2) is 42.6 Å². The summed E-state index contributed by atoms with van der Waals surface area (Å²) in [7, 11) is 1.20. The molecule has 2 atom stereocenters. The number of anilines is 1. The van der Waals surface area contributed by atoms with Crippen molar-refractivity contribution in [2.45, 2.75) is 83.2 Å². The summed E-state index contributed by atoms with van der Waals surface area (Å²) in [6.45, 7) is 10.6. The van der Waals surface area contributed by atoms with Crippen LogP contribution in [0.3, 0.4) is 0 Å². The van der Waals surface area contributed by atoms with Gasteiger partial charge in [-0.1, -0.05) is 38.1 Å². The van der Waals surface area contributed by atoms with Gasteiger partial charge in [0, 0.05) is 42.9 Å². The number of amides is 2. The number of aromatic nitrogens is 1. The molecule has 1 aromatic heterocycles. The van der Waals surface area contributed by atoms with Gasteiger partial charge in [-0.05, 0) is 63.3 Å². The molecule has 0 radical (unpaired) electrons. The van der Waals surface area contributed by atoms with E-state index < -0.39 is 35.7 Å². The molecule has 10 heteroatoms. The lowest BCUT2D eigenvalue weighted by Crippen LogP contribution is -2.66. The van der Waals surface area contributed by atoms with E-state index >= 15 is 0 Å². The molecule has 2 heterocycles. The number of likely N-dealkylation sites (tertiary alicyclic amines) is 1. The largest absolute Gasteiger partial charge is 0.444 e. The number of rotatable bonds is 5. The number of pyridine rings is 1. The van der Waals surface area contributed by atoms with Crippen LogP contribution in [-0.2, 0) is 21.4 Å². The molecule has 2 fully saturated rings. The van der Waals surface area contributed by atoms with Crippen molar-refractivity contribution in [3.05, 3.63) is 59.4 Å². The van der Waals surface area contributed by atoms with Gasteiger partial charge in [-0.15, -0.1) is 0 Å². The van der Waals surface area contributed by atoms with Gasteiger partial charge < -0.3 is 19.9 Å². The molecule has 1 aliphatic heterocycles. The summed E-state index contributed by atoms with van der Waals surface area (Å²) in [5.74, 6) is -1.07. The quantitative estimate of drug-likeness (QED) is 0.468. The second-order valence-electron chi connectivity index (χ2n) is 13.6. The maximum Gasteiger partial charge on any atom is 0.414 e. The number of carbonyl (C=O) groups excluding carboxylic acids is 2. The summed E-state index contributed by atoms with van der Waals surface area (Å²) in [4.78, 5) is 32.0. The molecule has 2 aromatic rings. The highest BCUT2D eigenvalue weighted by Gasteiger charge is 2.58. The second kappa shape index (κ2) is 9.91. The molecule has 3 aliphatic rings. The minimum absolute atomic E-state index is 0.0684. The van der Waals surface area contributed by atoms with E-state index in [1.54, 1.807) is 31.7 Å². The number of fused-ring (bicyclic) bond motifs is 1. The first-order valence-corrected chi connectivity index (χ1v) is 14.1. The topological polar surface area (TPSA) is 74.8 Å². The van der Waals surface area contributed by atoms with Crippen LogP contribution in [0, 0.1) is 11.3 Å². The third-order valence-corrected chi connectivity index (χ3v) is 8.87. The van der Waals surface area contributed by atoms with Crippen molar-refractivity contribution in [1.29, 1.82) is 0 Å². The number of nitrogens with zero attached hydrogens (tertiary/aromatic N) is 3. The Balaban J connectivity index is 1.21. The second-order valence-corrected chi connectivity index (χ2v) is 13.6. The number of alkyl halides is 3. The van der Waals surface area contributed by atoms with Crippen LogP contribution in [0.2, 0.25) is 0 Å². The smallest absolute Gasteiger partial charge is 0.414 e. The van der Waals surface area contributed by atoms with E-state index in [9.17, 15) is 22.8 Å². The lowest BCUT2D eigenvalue weighted by atomic mass is 9.57. The monoisotopic (exact) mass is 572 g/mol. The normalized spacial score (nSPS) is 21.9. The highest BCUT2D eigenvalue weighted by Crippen LogP contribution is 2.53. The van der Waals surface area contributed by atoms with Gasteiger partial charge in [0.15, 0.2) is 6.04 Å². The third-order valence-electron chi connectivity index (χ3n) is 8.87. The molecule has 2 amide bonds. The van der Waals surface area contributed by atoms with Crippen molar-refractivity contribution in [1.82, 2.24) is 14.8 Å². The zero-order chi connectivity index (χ0) is 30.0. The van der Waals surface area contributed by atoms with Crippen LogP contribution in [-0.4, -0.2) is 64.7 Å². The Morgan fingerprint density at radius 2 is 1.76 bits per heavy atom. The molecule has 5 rings (SSSR count). The van der Waals surface area contributed by atoms with Crippen LogP contribution >= 0.6 is 0 Å². The number of carbonyl (C=O) groups is 2. The molecular formula is C31H39F3N4O3. The molecule has 222 valence electrons. The zero-order valence-corrected chi connectivity index (χ0v) is 24.5. The van der Waals surface area contributed by atoms with Gasteiger partial charge in [-0.3, -0.25) is 9.78 Å². The van der Waals surface area contributed by atoms with Gasteiger partial charge in [0.05, 0.1) is 17.6 Å². The van der Waals surface area contributed by atoms with Crippen molar-refractivity contribution < 1.29 is 27.5 Å². The number of halogens is 3. The molecule has 0 bridgehead atoms. The predicted molar refractivity (Wildman–Crippen MR) is 149 cm³/mol. The van der Waals surface area contributed by atoms with Crippen molar-refractivity contribution in [3.63, 3.8) is 0 Å². The van der Waals surface area contributed by atoms with E-state index in [2.05, 4.69) is 36.3 Å². The molecule has 0 unspecified atom stereocenters. The van der Waals surface area contributed by atoms with Crippen LogP contribution in [0.25, 0.3) is 0 Å². The predicted octanol–water partition coefficient (Wildman–Crippen LogP) is 6.10. The lowest BCUT2D eigenvalue weighted by molar-refractivity contribution is -0.196. The summed E-state index contributed by atoms with van der Waals surface area (Å²) in [5, 5.41) is 3.46. The molecule has 1 saturated heterocycles. The molecule has 1 N–H and O–H groups in total. The van der Waals surface area contributed by atoms with E-state index in [0.717, 1.165) is 11.3 Å². The molecule has 1 saturated carbocycles. The van der Waals surface area contributed by atoms with E-state index in [1.165, 1.54) is 30.4 Å². The number of hydrogen-bond acceptors (Lipinski definition) is 5. The maximum atomic E-state index is 14.3. The molecule has 7 nitrogen and oxygen atoms in total. The molecular weight excluding hydrogens is 533 g/mol. The standard InChI is InChI=1S/C31H39F3N4O3/c1-28(2,3)41-27(40)38-17-30(18-38)14-20(15-30)26(39)37(6)25(31(32,33)34)23-12-11-21(16-35-23)36-24-13-19-9-7-8-10-22(19)29(24,4)5/h7-12,16,20,24-25,36H,13-15,17-18H2,1-6H3/t24-,25-/m0/s1. The van der Waals surface area contributed by atoms with Crippen LogP contribution in [0.1, 0.15) is 70.3 Å². The van der Waals surface area contributed by atoms with E-state index in [1.807, 2.05) is 12.1 Å². The fourth-order valence-corrected chi connectivity index (χ4v) is 6.71. The van der Waals surface area contributed by atoms with Crippen LogP contribution < -0.4 is 5.32 Å². The van der Waals surface area contributed by atoms with Gasteiger partial charge in [0.2, 0.25) is 5.91 Å². The third kappa shape index (κ3) is 5.62. The van der Waals surface area contributed by atoms with Crippen molar-refractivity contribution in [2.75, 3.05) is 25.5 Å². The van der Waals surface area contributed by atoms with Crippen LogP contribution in [0.5, 0.6) is 0 Å². The number of benzene rings is 1. The first-order chi connectivity index (χ1) is 19.0. The average Bonchev–Trinajstić information content (AvgIpc) is 3.06. The Kier molecular flexibility index (Phi) is 7.06. The van der Waals surface area contributed by atoms with Gasteiger partial charge in [0.1, 0.15) is 5.60 Å². The molecule has 1 spiro atoms. The van der Waals surface area contributed by atoms with E-state index in [0.29, 0.717) is 31.6 Å². The van der Waals surface area contributed by atoms with Gasteiger partial charge in [-0.2, -0.15) is 13.2 Å². The van der Waals surface area contributed by atoms with Gasteiger partial charge in [0.25, 0.3) is 0 Å². The minimum atomic E-state index is -4.69. The maximum absolute atomic E-state index is 14.3. The Morgan fingerprint density at radius 1 is 1.10 bits per heavy atom. The SMILES string of the molecule is CN(C(=O)C1CC2(C1)CN(C(=O)OC(C)(C)C)C2)[C@@H](c1ccc(N[C@H]2Cc3ccccc3C2(C)C)cn1)C(F)(F)F. The van der Waals surface area contributed by atoms with Crippen LogP contribution in [0.4, 0.5) is 23.7 Å². The Bertz CT molecular complexity index is 1310. The van der Waals surface area contributed by atoms with E-state index in [4.69, 9.17) is 4.74 Å². The van der Waals surface area contributed by atoms with Crippen molar-refractivity contribution >= 4 is 17.7 Å².